The number of carbonyl (C=O) groups excluding carboxylic acids is 1. The Labute approximate surface area is 123 Å². The number of hydrogen-bond acceptors (Lipinski definition) is 3. The molecular weight excluding hydrogens is 262 g/mol. The van der Waals surface area contributed by atoms with Crippen LogP contribution < -0.4 is 5.43 Å². The second-order valence-electron chi connectivity index (χ2n) is 5.25. The first kappa shape index (κ1) is 13.5. The van der Waals surface area contributed by atoms with Gasteiger partial charge in [0.25, 0.3) is 0 Å². The first-order valence-corrected chi connectivity index (χ1v) is 7.06. The maximum absolute atomic E-state index is 12.1. The minimum Gasteiger partial charge on any atom is -0.273 e. The zero-order valence-corrected chi connectivity index (χ0v) is 11.9. The van der Waals surface area contributed by atoms with Gasteiger partial charge in [0.2, 0.25) is 5.91 Å². The van der Waals surface area contributed by atoms with Gasteiger partial charge in [-0.05, 0) is 37.0 Å². The van der Waals surface area contributed by atoms with Gasteiger partial charge in [0, 0.05) is 12.1 Å². The largest absolute Gasteiger partial charge is 0.273 e. The zero-order chi connectivity index (χ0) is 14.7. The molecule has 21 heavy (non-hydrogen) atoms. The van der Waals surface area contributed by atoms with Crippen LogP contribution in [-0.4, -0.2) is 16.6 Å². The molecule has 0 spiro atoms. The van der Waals surface area contributed by atoms with E-state index < -0.39 is 0 Å². The molecule has 4 nitrogen and oxygen atoms in total. The van der Waals surface area contributed by atoms with E-state index in [1.807, 2.05) is 43.3 Å². The van der Waals surface area contributed by atoms with Crippen molar-refractivity contribution in [2.45, 2.75) is 19.3 Å². The predicted molar refractivity (Wildman–Crippen MR) is 81.9 cm³/mol. The first-order chi connectivity index (χ1) is 10.3. The molecule has 2 aromatic rings. The summed E-state index contributed by atoms with van der Waals surface area (Å²) >= 11 is 0. The Morgan fingerprint density at radius 1 is 1.19 bits per heavy atom. The van der Waals surface area contributed by atoms with E-state index in [9.17, 15) is 4.79 Å². The third kappa shape index (κ3) is 3.16. The molecule has 1 aliphatic carbocycles. The van der Waals surface area contributed by atoms with Crippen molar-refractivity contribution < 1.29 is 4.79 Å². The van der Waals surface area contributed by atoms with Gasteiger partial charge in [0.05, 0.1) is 11.4 Å². The molecule has 1 saturated carbocycles. The maximum Gasteiger partial charge on any atom is 0.243 e. The number of benzene rings is 1. The van der Waals surface area contributed by atoms with Gasteiger partial charge in [-0.2, -0.15) is 5.10 Å². The maximum atomic E-state index is 12.1. The van der Waals surface area contributed by atoms with Crippen LogP contribution in [0.5, 0.6) is 0 Å². The number of hydrazone groups is 1. The van der Waals surface area contributed by atoms with E-state index in [1.165, 1.54) is 5.56 Å². The van der Waals surface area contributed by atoms with Gasteiger partial charge in [-0.25, -0.2) is 5.43 Å². The van der Waals surface area contributed by atoms with Gasteiger partial charge in [0.15, 0.2) is 0 Å². The summed E-state index contributed by atoms with van der Waals surface area (Å²) in [5.41, 5.74) is 5.36. The Hall–Kier alpha value is -2.49. The Bertz CT molecular complexity index is 652. The monoisotopic (exact) mass is 279 g/mol. The van der Waals surface area contributed by atoms with E-state index in [0.29, 0.717) is 11.6 Å². The fraction of sp³-hybridized carbons (Fsp3) is 0.235. The van der Waals surface area contributed by atoms with Gasteiger partial charge in [-0.1, -0.05) is 36.4 Å². The normalized spacial score (nSPS) is 20.9. The van der Waals surface area contributed by atoms with E-state index in [0.717, 1.165) is 12.1 Å². The molecule has 106 valence electrons. The molecule has 0 saturated heterocycles. The standard InChI is InChI=1S/C17H17N3O/c1-12(16-9-5-6-10-18-16)19-20-17(21)15-11-14(15)13-7-3-2-4-8-13/h2-10,14-15H,11H2,1H3,(H,20,21)/b19-12-/t14-,15+/m0/s1. The van der Waals surface area contributed by atoms with Gasteiger partial charge in [0.1, 0.15) is 0 Å². The average Bonchev–Trinajstić information content (AvgIpc) is 3.35. The summed E-state index contributed by atoms with van der Waals surface area (Å²) in [7, 11) is 0. The van der Waals surface area contributed by atoms with Crippen LogP contribution in [0.1, 0.15) is 30.5 Å². The number of pyridine rings is 1. The predicted octanol–water partition coefficient (Wildman–Crippen LogP) is 2.73. The lowest BCUT2D eigenvalue weighted by Crippen LogP contribution is -2.21. The molecule has 1 aromatic carbocycles. The third-order valence-electron chi connectivity index (χ3n) is 3.72. The number of hydrogen-bond donors (Lipinski definition) is 1. The second-order valence-corrected chi connectivity index (χ2v) is 5.25. The summed E-state index contributed by atoms with van der Waals surface area (Å²) in [6.45, 7) is 1.84. The van der Waals surface area contributed by atoms with E-state index >= 15 is 0 Å². The van der Waals surface area contributed by atoms with E-state index in [1.54, 1.807) is 6.20 Å². The number of nitrogens with one attached hydrogen (secondary N) is 1. The fourth-order valence-corrected chi connectivity index (χ4v) is 2.41. The summed E-state index contributed by atoms with van der Waals surface area (Å²) in [4.78, 5) is 16.3. The molecular formula is C17H17N3O. The molecule has 1 heterocycles. The highest BCUT2D eigenvalue weighted by Crippen LogP contribution is 2.47. The van der Waals surface area contributed by atoms with Crippen molar-refractivity contribution in [3.05, 3.63) is 66.0 Å². The molecule has 0 radical (unpaired) electrons. The highest BCUT2D eigenvalue weighted by molar-refractivity contribution is 5.97. The molecule has 1 fully saturated rings. The van der Waals surface area contributed by atoms with Crippen molar-refractivity contribution in [3.8, 4) is 0 Å². The lowest BCUT2D eigenvalue weighted by Gasteiger charge is -2.02. The van der Waals surface area contributed by atoms with Crippen molar-refractivity contribution in [2.24, 2.45) is 11.0 Å². The Morgan fingerprint density at radius 3 is 2.67 bits per heavy atom. The number of carbonyl (C=O) groups is 1. The Morgan fingerprint density at radius 2 is 1.95 bits per heavy atom. The summed E-state index contributed by atoms with van der Waals surface area (Å²) in [5, 5.41) is 4.14. The van der Waals surface area contributed by atoms with Crippen LogP contribution in [0.3, 0.4) is 0 Å². The lowest BCUT2D eigenvalue weighted by atomic mass is 10.1. The molecule has 4 heteroatoms. The average molecular weight is 279 g/mol. The molecule has 2 atom stereocenters. The van der Waals surface area contributed by atoms with Crippen LogP contribution in [0.4, 0.5) is 0 Å². The minimum absolute atomic E-state index is 0.0147. The summed E-state index contributed by atoms with van der Waals surface area (Å²) in [6, 6.07) is 15.8. The van der Waals surface area contributed by atoms with Gasteiger partial charge in [-0.15, -0.1) is 0 Å². The highest BCUT2D eigenvalue weighted by atomic mass is 16.2. The number of amides is 1. The van der Waals surface area contributed by atoms with Crippen molar-refractivity contribution in [1.82, 2.24) is 10.4 Å². The fourth-order valence-electron chi connectivity index (χ4n) is 2.41. The molecule has 0 bridgehead atoms. The number of nitrogens with zero attached hydrogens (tertiary/aromatic N) is 2. The van der Waals surface area contributed by atoms with Gasteiger partial charge in [-0.3, -0.25) is 9.78 Å². The van der Waals surface area contributed by atoms with Crippen LogP contribution in [-0.2, 0) is 4.79 Å². The van der Waals surface area contributed by atoms with Crippen LogP contribution in [0, 0.1) is 5.92 Å². The molecule has 0 aliphatic heterocycles. The Kier molecular flexibility index (Phi) is 3.77. The Balaban J connectivity index is 1.59. The summed E-state index contributed by atoms with van der Waals surface area (Å²) in [6.07, 6.45) is 2.61. The molecule has 3 rings (SSSR count). The van der Waals surface area contributed by atoms with Crippen LogP contribution >= 0.6 is 0 Å². The lowest BCUT2D eigenvalue weighted by molar-refractivity contribution is -0.122. The summed E-state index contributed by atoms with van der Waals surface area (Å²) < 4.78 is 0. The smallest absolute Gasteiger partial charge is 0.243 e. The molecule has 0 unspecified atom stereocenters. The quantitative estimate of drug-likeness (QED) is 0.691. The SMILES string of the molecule is C/C(=N/NC(=O)[C@@H]1C[C@H]1c1ccccc1)c1ccccn1. The van der Waals surface area contributed by atoms with E-state index in [-0.39, 0.29) is 11.8 Å². The topological polar surface area (TPSA) is 54.4 Å². The zero-order valence-electron chi connectivity index (χ0n) is 11.9. The van der Waals surface area contributed by atoms with Crippen LogP contribution in [0.2, 0.25) is 0 Å². The molecule has 1 N–H and O–H groups in total. The van der Waals surface area contributed by atoms with Crippen molar-refractivity contribution in [2.75, 3.05) is 0 Å². The second kappa shape index (κ2) is 5.87. The van der Waals surface area contributed by atoms with Crippen molar-refractivity contribution in [3.63, 3.8) is 0 Å². The van der Waals surface area contributed by atoms with Gasteiger partial charge >= 0.3 is 0 Å². The molecule has 1 aliphatic rings. The van der Waals surface area contributed by atoms with E-state index in [4.69, 9.17) is 0 Å². The molecule has 1 aromatic heterocycles. The minimum atomic E-state index is -0.0147. The number of aromatic nitrogens is 1. The van der Waals surface area contributed by atoms with Gasteiger partial charge < -0.3 is 0 Å². The van der Waals surface area contributed by atoms with Crippen molar-refractivity contribution >= 4 is 11.6 Å². The van der Waals surface area contributed by atoms with Crippen molar-refractivity contribution in [1.29, 1.82) is 0 Å². The summed E-state index contributed by atoms with van der Waals surface area (Å²) in [5.74, 6) is 0.350. The first-order valence-electron chi connectivity index (χ1n) is 7.06. The number of rotatable bonds is 4. The van der Waals surface area contributed by atoms with E-state index in [2.05, 4.69) is 27.6 Å². The van der Waals surface area contributed by atoms with Crippen LogP contribution in [0.25, 0.3) is 0 Å². The van der Waals surface area contributed by atoms with Crippen LogP contribution in [0.15, 0.2) is 59.8 Å². The molecule has 1 amide bonds. The third-order valence-corrected chi connectivity index (χ3v) is 3.72. The highest BCUT2D eigenvalue weighted by Gasteiger charge is 2.43.